The van der Waals surface area contributed by atoms with Crippen molar-refractivity contribution in [2.24, 2.45) is 0 Å². The van der Waals surface area contributed by atoms with E-state index in [-0.39, 0.29) is 5.75 Å². The summed E-state index contributed by atoms with van der Waals surface area (Å²) in [5, 5.41) is 12.2. The van der Waals surface area contributed by atoms with Crippen molar-refractivity contribution in [3.63, 3.8) is 0 Å². The molecule has 160 valence electrons. The number of hydrogen-bond donors (Lipinski definition) is 5. The number of aromatic amines is 3. The highest BCUT2D eigenvalue weighted by molar-refractivity contribution is 7.98. The molecule has 13 heteroatoms. The summed E-state index contributed by atoms with van der Waals surface area (Å²) >= 11 is 1.51. The Kier molecular flexibility index (Phi) is 8.17. The highest BCUT2D eigenvalue weighted by Gasteiger charge is 2.08. The molecule has 0 amide bonds. The average molecular weight is 435 g/mol. The van der Waals surface area contributed by atoms with Crippen molar-refractivity contribution in [1.29, 1.82) is 0 Å². The van der Waals surface area contributed by atoms with Gasteiger partial charge in [-0.1, -0.05) is 17.3 Å². The number of ether oxygens (including phenoxy) is 1. The maximum atomic E-state index is 10.9. The predicted molar refractivity (Wildman–Crippen MR) is 112 cm³/mol. The number of nitrogens with zero attached hydrogens (tertiary/aromatic N) is 3. The van der Waals surface area contributed by atoms with Crippen LogP contribution in [0.3, 0.4) is 0 Å². The number of H-pyrrole nitrogens is 3. The van der Waals surface area contributed by atoms with Gasteiger partial charge in [-0.3, -0.25) is 9.78 Å². The number of imidazole rings is 1. The molecule has 0 spiro atoms. The standard InChI is InChI=1S/C11H15N5S.C6H6N2O5/c1-7(2)4-5-12-9-8-10(14-6-13-8)16-11(15-9)17-3;9-4(10)2-13-3-1-7-6(12)8-5(3)11/h6H,1,4-5H2,2-3H3,(H2,12,13,14,15,16);1H,2H2,(H,9,10)(H2,7,8,11,12). The number of carboxylic acids is 1. The first-order chi connectivity index (χ1) is 14.3. The second kappa shape index (κ2) is 10.8. The van der Waals surface area contributed by atoms with E-state index in [2.05, 4.69) is 41.6 Å². The smallest absolute Gasteiger partial charge is 0.341 e. The summed E-state index contributed by atoms with van der Waals surface area (Å²) in [7, 11) is 0. The fourth-order valence-electron chi connectivity index (χ4n) is 2.07. The lowest BCUT2D eigenvalue weighted by atomic mass is 10.2. The van der Waals surface area contributed by atoms with Crippen LogP contribution in [-0.2, 0) is 4.79 Å². The molecule has 0 aliphatic heterocycles. The van der Waals surface area contributed by atoms with E-state index in [0.717, 1.165) is 41.2 Å². The van der Waals surface area contributed by atoms with Crippen molar-refractivity contribution < 1.29 is 14.6 Å². The van der Waals surface area contributed by atoms with Crippen LogP contribution in [-0.4, -0.2) is 60.4 Å². The molecule has 0 bridgehead atoms. The molecule has 0 radical (unpaired) electrons. The molecule has 5 N–H and O–H groups in total. The molecule has 3 rings (SSSR count). The quantitative estimate of drug-likeness (QED) is 0.194. The van der Waals surface area contributed by atoms with Crippen LogP contribution in [0.4, 0.5) is 5.82 Å². The summed E-state index contributed by atoms with van der Waals surface area (Å²) in [5.41, 5.74) is 1.27. The Balaban J connectivity index is 0.000000222. The Labute approximate surface area is 174 Å². The number of aliphatic carboxylic acids is 1. The minimum absolute atomic E-state index is 0.234. The number of rotatable bonds is 8. The molecular weight excluding hydrogens is 414 g/mol. The summed E-state index contributed by atoms with van der Waals surface area (Å²) in [6.07, 6.45) is 5.51. The van der Waals surface area contributed by atoms with Crippen LogP contribution < -0.4 is 21.3 Å². The number of anilines is 1. The molecule has 0 unspecified atom stereocenters. The molecule has 0 saturated heterocycles. The first-order valence-electron chi connectivity index (χ1n) is 8.60. The number of thioether (sulfide) groups is 1. The lowest BCUT2D eigenvalue weighted by Gasteiger charge is -2.07. The Bertz CT molecular complexity index is 1140. The lowest BCUT2D eigenvalue weighted by Crippen LogP contribution is -2.24. The van der Waals surface area contributed by atoms with Gasteiger partial charge in [-0.05, 0) is 19.6 Å². The molecule has 3 aromatic rings. The molecule has 30 heavy (non-hydrogen) atoms. The van der Waals surface area contributed by atoms with Crippen LogP contribution in [0.5, 0.6) is 5.75 Å². The number of nitrogens with one attached hydrogen (secondary N) is 4. The topological polar surface area (TPSA) is 179 Å². The zero-order chi connectivity index (χ0) is 22.1. The van der Waals surface area contributed by atoms with Gasteiger partial charge in [-0.25, -0.2) is 24.5 Å². The number of hydrogen-bond acceptors (Lipinski definition) is 9. The van der Waals surface area contributed by atoms with Crippen LogP contribution in [0.25, 0.3) is 11.2 Å². The van der Waals surface area contributed by atoms with E-state index in [1.54, 1.807) is 6.33 Å². The summed E-state index contributed by atoms with van der Waals surface area (Å²) < 4.78 is 4.54. The molecule has 0 fully saturated rings. The van der Waals surface area contributed by atoms with Crippen molar-refractivity contribution in [2.75, 3.05) is 24.7 Å². The molecule has 0 aromatic carbocycles. The zero-order valence-corrected chi connectivity index (χ0v) is 17.1. The van der Waals surface area contributed by atoms with Gasteiger partial charge < -0.3 is 25.1 Å². The normalized spacial score (nSPS) is 10.2. The lowest BCUT2D eigenvalue weighted by molar-refractivity contribution is -0.139. The van der Waals surface area contributed by atoms with Crippen molar-refractivity contribution in [2.45, 2.75) is 18.5 Å². The van der Waals surface area contributed by atoms with E-state index in [4.69, 9.17) is 5.11 Å². The number of aromatic nitrogens is 6. The number of carboxylic acid groups (broad SMARTS) is 1. The fourth-order valence-corrected chi connectivity index (χ4v) is 2.43. The first-order valence-corrected chi connectivity index (χ1v) is 9.82. The highest BCUT2D eigenvalue weighted by Crippen LogP contribution is 2.20. The first kappa shape index (κ1) is 22.7. The maximum absolute atomic E-state index is 10.9. The van der Waals surface area contributed by atoms with Crippen LogP contribution >= 0.6 is 11.8 Å². The van der Waals surface area contributed by atoms with Crippen molar-refractivity contribution >= 4 is 34.7 Å². The van der Waals surface area contributed by atoms with E-state index in [0.29, 0.717) is 5.65 Å². The Hall–Kier alpha value is -3.61. The van der Waals surface area contributed by atoms with Gasteiger partial charge in [-0.2, -0.15) is 0 Å². The number of carbonyl (C=O) groups is 1. The van der Waals surface area contributed by atoms with Crippen molar-refractivity contribution in [1.82, 2.24) is 29.9 Å². The average Bonchev–Trinajstić information content (AvgIpc) is 3.16. The van der Waals surface area contributed by atoms with Gasteiger partial charge >= 0.3 is 11.7 Å². The van der Waals surface area contributed by atoms with Gasteiger partial charge in [0.15, 0.2) is 23.2 Å². The second-order valence-corrected chi connectivity index (χ2v) is 6.69. The van der Waals surface area contributed by atoms with Gasteiger partial charge in [-0.15, -0.1) is 6.58 Å². The molecule has 3 heterocycles. The molecule has 0 aliphatic carbocycles. The van der Waals surface area contributed by atoms with Crippen molar-refractivity contribution in [3.05, 3.63) is 45.5 Å². The van der Waals surface area contributed by atoms with Crippen LogP contribution in [0.15, 0.2) is 39.4 Å². The summed E-state index contributed by atoms with van der Waals surface area (Å²) in [4.78, 5) is 51.4. The third kappa shape index (κ3) is 6.77. The summed E-state index contributed by atoms with van der Waals surface area (Å²) in [6, 6.07) is 0. The second-order valence-electron chi connectivity index (χ2n) is 5.91. The van der Waals surface area contributed by atoms with Gasteiger partial charge in [0.2, 0.25) is 5.75 Å². The van der Waals surface area contributed by atoms with E-state index in [1.165, 1.54) is 11.8 Å². The molecule has 3 aromatic heterocycles. The van der Waals surface area contributed by atoms with Gasteiger partial charge in [0, 0.05) is 6.54 Å². The Morgan fingerprint density at radius 1 is 1.33 bits per heavy atom. The predicted octanol–water partition coefficient (Wildman–Crippen LogP) is 0.979. The summed E-state index contributed by atoms with van der Waals surface area (Å²) in [6.45, 7) is 6.07. The zero-order valence-electron chi connectivity index (χ0n) is 16.3. The van der Waals surface area contributed by atoms with E-state index < -0.39 is 23.8 Å². The van der Waals surface area contributed by atoms with E-state index in [1.807, 2.05) is 18.2 Å². The summed E-state index contributed by atoms with van der Waals surface area (Å²) in [5.74, 6) is -0.634. The van der Waals surface area contributed by atoms with Gasteiger partial charge in [0.25, 0.3) is 5.56 Å². The SMILES string of the molecule is C=C(C)CCNc1nc(SC)nc2nc[nH]c12.O=C(O)COc1c[nH]c(=O)[nH]c1=O. The minimum Gasteiger partial charge on any atom is -0.479 e. The van der Waals surface area contributed by atoms with Gasteiger partial charge in [0.1, 0.15) is 5.52 Å². The van der Waals surface area contributed by atoms with Crippen LogP contribution in [0, 0.1) is 0 Å². The molecule has 0 aliphatic rings. The third-order valence-electron chi connectivity index (χ3n) is 3.43. The van der Waals surface area contributed by atoms with Crippen LogP contribution in [0.1, 0.15) is 13.3 Å². The van der Waals surface area contributed by atoms with Crippen molar-refractivity contribution in [3.8, 4) is 5.75 Å². The minimum atomic E-state index is -1.20. The largest absolute Gasteiger partial charge is 0.479 e. The van der Waals surface area contributed by atoms with Crippen LogP contribution in [0.2, 0.25) is 0 Å². The third-order valence-corrected chi connectivity index (χ3v) is 3.98. The molecular formula is C17H21N7O5S. The van der Waals surface area contributed by atoms with E-state index in [9.17, 15) is 14.4 Å². The van der Waals surface area contributed by atoms with Gasteiger partial charge in [0.05, 0.1) is 12.5 Å². The van der Waals surface area contributed by atoms with E-state index >= 15 is 0 Å². The Morgan fingerprint density at radius 2 is 2.10 bits per heavy atom. The molecule has 0 atom stereocenters. The molecule has 12 nitrogen and oxygen atoms in total. The number of fused-ring (bicyclic) bond motifs is 1. The maximum Gasteiger partial charge on any atom is 0.341 e. The monoisotopic (exact) mass is 435 g/mol. The Morgan fingerprint density at radius 3 is 2.73 bits per heavy atom. The fraction of sp³-hybridized carbons (Fsp3) is 0.294. The molecule has 0 saturated carbocycles. The highest BCUT2D eigenvalue weighted by atomic mass is 32.2.